The van der Waals surface area contributed by atoms with Crippen LogP contribution in [0.25, 0.3) is 10.9 Å². The van der Waals surface area contributed by atoms with Gasteiger partial charge in [0, 0.05) is 5.39 Å². The number of nitrogens with two attached hydrogens (primary N) is 1. The fourth-order valence-corrected chi connectivity index (χ4v) is 1.67. The number of aromatic amines is 1. The largest absolute Gasteiger partial charge is 0.389 e. The number of aliphatic hydroxyl groups is 2. The van der Waals surface area contributed by atoms with Crippen LogP contribution in [0.1, 0.15) is 18.1 Å². The smallest absolute Gasteiger partial charge is 0.153 e. The minimum absolute atomic E-state index is 0.121. The summed E-state index contributed by atoms with van der Waals surface area (Å²) in [5.41, 5.74) is 6.81. The number of hydrogen-bond acceptors (Lipinski definition) is 5. The first-order valence-electron chi connectivity index (χ1n) is 5.10. The Balaban J connectivity index is 2.33. The SMILES string of the molecule is N#CCC(O)C(O)c1ccc2c(N)n[nH]c2c1. The van der Waals surface area contributed by atoms with Crippen molar-refractivity contribution in [2.45, 2.75) is 18.6 Å². The predicted octanol–water partition coefficient (Wildman–Crippen LogP) is 0.453. The van der Waals surface area contributed by atoms with Gasteiger partial charge in [-0.25, -0.2) is 0 Å². The molecule has 0 saturated carbocycles. The number of nitrogens with zero attached hydrogens (tertiary/aromatic N) is 2. The molecule has 1 heterocycles. The van der Waals surface area contributed by atoms with Crippen LogP contribution in [0.3, 0.4) is 0 Å². The summed E-state index contributed by atoms with van der Waals surface area (Å²) in [6.45, 7) is 0. The molecule has 2 rings (SSSR count). The highest BCUT2D eigenvalue weighted by Gasteiger charge is 2.18. The molecule has 0 amide bonds. The van der Waals surface area contributed by atoms with Crippen molar-refractivity contribution < 1.29 is 10.2 Å². The van der Waals surface area contributed by atoms with Crippen LogP contribution in [0.2, 0.25) is 0 Å². The summed E-state index contributed by atoms with van der Waals surface area (Å²) in [7, 11) is 0. The van der Waals surface area contributed by atoms with E-state index >= 15 is 0 Å². The molecule has 2 atom stereocenters. The second-order valence-electron chi connectivity index (χ2n) is 3.79. The molecule has 6 heteroatoms. The Morgan fingerprint density at radius 2 is 2.24 bits per heavy atom. The van der Waals surface area contributed by atoms with Gasteiger partial charge in [-0.2, -0.15) is 10.4 Å². The molecule has 0 saturated heterocycles. The normalized spacial score (nSPS) is 14.4. The lowest BCUT2D eigenvalue weighted by molar-refractivity contribution is 0.0217. The van der Waals surface area contributed by atoms with Gasteiger partial charge in [0.1, 0.15) is 6.10 Å². The maximum atomic E-state index is 9.82. The first-order valence-corrected chi connectivity index (χ1v) is 5.10. The van der Waals surface area contributed by atoms with E-state index in [1.807, 2.05) is 6.07 Å². The molecule has 0 spiro atoms. The van der Waals surface area contributed by atoms with E-state index in [4.69, 9.17) is 11.0 Å². The zero-order chi connectivity index (χ0) is 12.4. The van der Waals surface area contributed by atoms with Crippen LogP contribution in [0.5, 0.6) is 0 Å². The molecule has 2 unspecified atom stereocenters. The highest BCUT2D eigenvalue weighted by atomic mass is 16.3. The summed E-state index contributed by atoms with van der Waals surface area (Å²) in [5, 5.41) is 35.1. The van der Waals surface area contributed by atoms with Crippen LogP contribution >= 0.6 is 0 Å². The van der Waals surface area contributed by atoms with Crippen molar-refractivity contribution in [2.24, 2.45) is 0 Å². The van der Waals surface area contributed by atoms with E-state index in [-0.39, 0.29) is 6.42 Å². The summed E-state index contributed by atoms with van der Waals surface area (Å²) in [6, 6.07) is 6.83. The van der Waals surface area contributed by atoms with E-state index in [2.05, 4.69) is 10.2 Å². The lowest BCUT2D eigenvalue weighted by atomic mass is 10.0. The molecule has 2 aromatic rings. The van der Waals surface area contributed by atoms with Crippen molar-refractivity contribution >= 4 is 16.7 Å². The van der Waals surface area contributed by atoms with Gasteiger partial charge < -0.3 is 15.9 Å². The fraction of sp³-hybridized carbons (Fsp3) is 0.273. The second kappa shape index (κ2) is 4.41. The van der Waals surface area contributed by atoms with Gasteiger partial charge in [0.15, 0.2) is 5.82 Å². The number of fused-ring (bicyclic) bond motifs is 1. The lowest BCUT2D eigenvalue weighted by Crippen LogP contribution is -2.17. The Bertz CT molecular complexity index is 572. The van der Waals surface area contributed by atoms with Crippen molar-refractivity contribution in [1.29, 1.82) is 5.26 Å². The molecule has 0 bridgehead atoms. The van der Waals surface area contributed by atoms with Gasteiger partial charge in [-0.3, -0.25) is 5.10 Å². The van der Waals surface area contributed by atoms with Crippen LogP contribution in [0.15, 0.2) is 18.2 Å². The van der Waals surface area contributed by atoms with Gasteiger partial charge in [-0.15, -0.1) is 0 Å². The van der Waals surface area contributed by atoms with Crippen molar-refractivity contribution in [1.82, 2.24) is 10.2 Å². The zero-order valence-corrected chi connectivity index (χ0v) is 8.96. The molecule has 88 valence electrons. The molecule has 0 aliphatic heterocycles. The Kier molecular flexibility index (Phi) is 2.95. The first kappa shape index (κ1) is 11.4. The number of hydrogen-bond donors (Lipinski definition) is 4. The first-order chi connectivity index (χ1) is 8.13. The van der Waals surface area contributed by atoms with E-state index in [0.717, 1.165) is 5.39 Å². The fourth-order valence-electron chi connectivity index (χ4n) is 1.67. The standard InChI is InChI=1S/C11H12N4O2/c12-4-3-9(16)10(17)6-1-2-7-8(5-6)14-15-11(7)13/h1-2,5,9-10,16-17H,3H2,(H3,13,14,15). The number of aliphatic hydroxyl groups excluding tert-OH is 2. The third kappa shape index (κ3) is 2.06. The number of nitrogens with one attached hydrogen (secondary N) is 1. The van der Waals surface area contributed by atoms with Crippen LogP contribution in [-0.2, 0) is 0 Å². The van der Waals surface area contributed by atoms with E-state index in [1.165, 1.54) is 0 Å². The molecule has 0 aliphatic rings. The Morgan fingerprint density at radius 1 is 1.47 bits per heavy atom. The van der Waals surface area contributed by atoms with Crippen LogP contribution < -0.4 is 5.73 Å². The summed E-state index contributed by atoms with van der Waals surface area (Å²) in [5.74, 6) is 0.388. The molecule has 0 fully saturated rings. The van der Waals surface area contributed by atoms with Gasteiger partial charge in [0.2, 0.25) is 0 Å². The van der Waals surface area contributed by atoms with Gasteiger partial charge in [0.25, 0.3) is 0 Å². The van der Waals surface area contributed by atoms with Crippen LogP contribution in [0, 0.1) is 11.3 Å². The number of aromatic nitrogens is 2. The van der Waals surface area contributed by atoms with Gasteiger partial charge >= 0.3 is 0 Å². The maximum absolute atomic E-state index is 9.82. The second-order valence-corrected chi connectivity index (χ2v) is 3.79. The molecule has 17 heavy (non-hydrogen) atoms. The minimum atomic E-state index is -1.10. The summed E-state index contributed by atoms with van der Waals surface area (Å²) < 4.78 is 0. The van der Waals surface area contributed by atoms with Crippen molar-refractivity contribution in [3.8, 4) is 6.07 Å². The minimum Gasteiger partial charge on any atom is -0.389 e. The molecule has 0 aliphatic carbocycles. The number of H-pyrrole nitrogens is 1. The van der Waals surface area contributed by atoms with Gasteiger partial charge in [-0.05, 0) is 17.7 Å². The Labute approximate surface area is 97.3 Å². The van der Waals surface area contributed by atoms with Gasteiger partial charge in [0.05, 0.1) is 24.1 Å². The number of anilines is 1. The van der Waals surface area contributed by atoms with Crippen LogP contribution in [0.4, 0.5) is 5.82 Å². The lowest BCUT2D eigenvalue weighted by Gasteiger charge is -2.15. The van der Waals surface area contributed by atoms with Crippen molar-refractivity contribution in [3.05, 3.63) is 23.8 Å². The number of benzene rings is 1. The molecule has 6 nitrogen and oxygen atoms in total. The topological polar surface area (TPSA) is 119 Å². The molecule has 1 aromatic heterocycles. The van der Waals surface area contributed by atoms with E-state index in [9.17, 15) is 10.2 Å². The predicted molar refractivity (Wildman–Crippen MR) is 61.7 cm³/mol. The summed E-state index contributed by atoms with van der Waals surface area (Å²) >= 11 is 0. The van der Waals surface area contributed by atoms with Gasteiger partial charge in [-0.1, -0.05) is 6.07 Å². The average Bonchev–Trinajstić information content (AvgIpc) is 2.70. The quantitative estimate of drug-likeness (QED) is 0.612. The molecule has 1 aromatic carbocycles. The van der Waals surface area contributed by atoms with E-state index in [0.29, 0.717) is 16.9 Å². The summed E-state index contributed by atoms with van der Waals surface area (Å²) in [4.78, 5) is 0. The monoisotopic (exact) mass is 232 g/mol. The molecule has 5 N–H and O–H groups in total. The number of rotatable bonds is 3. The van der Waals surface area contributed by atoms with E-state index in [1.54, 1.807) is 18.2 Å². The Hall–Kier alpha value is -2.10. The Morgan fingerprint density at radius 3 is 2.94 bits per heavy atom. The third-order valence-electron chi connectivity index (χ3n) is 2.62. The molecular formula is C11H12N4O2. The highest BCUT2D eigenvalue weighted by Crippen LogP contribution is 2.24. The number of nitrogen functional groups attached to an aromatic ring is 1. The summed E-state index contributed by atoms with van der Waals surface area (Å²) in [6.07, 6.45) is -2.31. The molecule has 0 radical (unpaired) electrons. The number of nitriles is 1. The molecular weight excluding hydrogens is 220 g/mol. The average molecular weight is 232 g/mol. The third-order valence-corrected chi connectivity index (χ3v) is 2.62. The zero-order valence-electron chi connectivity index (χ0n) is 8.96. The van der Waals surface area contributed by atoms with E-state index < -0.39 is 12.2 Å². The highest BCUT2D eigenvalue weighted by molar-refractivity contribution is 5.88. The van der Waals surface area contributed by atoms with Crippen LogP contribution in [-0.4, -0.2) is 26.5 Å². The maximum Gasteiger partial charge on any atom is 0.153 e. The van der Waals surface area contributed by atoms with Crippen molar-refractivity contribution in [2.75, 3.05) is 5.73 Å². The van der Waals surface area contributed by atoms with Crippen molar-refractivity contribution in [3.63, 3.8) is 0 Å².